The van der Waals surface area contributed by atoms with E-state index in [0.29, 0.717) is 0 Å². The average molecular weight is 256 g/mol. The molecule has 0 fully saturated rings. The third kappa shape index (κ3) is 3.57. The lowest BCUT2D eigenvalue weighted by Gasteiger charge is -2.02. The molecule has 1 N–H and O–H groups in total. The minimum Gasteiger partial charge on any atom is -0.305 e. The summed E-state index contributed by atoms with van der Waals surface area (Å²) in [4.78, 5) is 0. The van der Waals surface area contributed by atoms with Crippen molar-refractivity contribution in [1.29, 1.82) is 0 Å². The van der Waals surface area contributed by atoms with Crippen molar-refractivity contribution < 1.29 is 0 Å². The Morgan fingerprint density at radius 2 is 2.00 bits per heavy atom. The quantitative estimate of drug-likeness (QED) is 0.892. The van der Waals surface area contributed by atoms with Gasteiger partial charge in [0.25, 0.3) is 0 Å². The third-order valence-electron chi connectivity index (χ3n) is 2.48. The number of aromatic nitrogens is 4. The molecule has 0 saturated heterocycles. The molecule has 0 bridgehead atoms. The Balaban J connectivity index is 0.00000144. The maximum Gasteiger partial charge on any atom is 0.0762 e. The smallest absolute Gasteiger partial charge is 0.0762 e. The fourth-order valence-electron chi connectivity index (χ4n) is 1.71. The van der Waals surface area contributed by atoms with Crippen LogP contribution in [0.4, 0.5) is 0 Å². The van der Waals surface area contributed by atoms with Gasteiger partial charge < -0.3 is 5.32 Å². The lowest BCUT2D eigenvalue weighted by atomic mass is 10.3. The molecule has 0 spiro atoms. The summed E-state index contributed by atoms with van der Waals surface area (Å²) in [6, 6.07) is 4.10. The van der Waals surface area contributed by atoms with Gasteiger partial charge >= 0.3 is 0 Å². The second-order valence-electron chi connectivity index (χ2n) is 3.98. The van der Waals surface area contributed by atoms with Crippen LogP contribution in [0.25, 0.3) is 0 Å². The van der Waals surface area contributed by atoms with Gasteiger partial charge in [-0.3, -0.25) is 9.36 Å². The molecular formula is C11H18ClN5. The van der Waals surface area contributed by atoms with Crippen LogP contribution in [0.5, 0.6) is 0 Å². The van der Waals surface area contributed by atoms with E-state index >= 15 is 0 Å². The van der Waals surface area contributed by atoms with Gasteiger partial charge in [0.05, 0.1) is 17.1 Å². The van der Waals surface area contributed by atoms with Crippen LogP contribution in [-0.2, 0) is 27.2 Å². The molecule has 0 aliphatic carbocycles. The number of aryl methyl sites for hydroxylation is 3. The van der Waals surface area contributed by atoms with Crippen molar-refractivity contribution in [1.82, 2.24) is 24.9 Å². The first-order valence-corrected chi connectivity index (χ1v) is 5.34. The zero-order chi connectivity index (χ0) is 11.5. The van der Waals surface area contributed by atoms with Crippen molar-refractivity contribution in [3.63, 3.8) is 0 Å². The SMILES string of the molecule is Cc1cc(CNCc2ccn(C)n2)n(C)n1.Cl. The maximum absolute atomic E-state index is 4.30. The molecule has 0 aliphatic rings. The van der Waals surface area contributed by atoms with Crippen molar-refractivity contribution in [2.24, 2.45) is 14.1 Å². The predicted octanol–water partition coefficient (Wildman–Crippen LogP) is 1.17. The summed E-state index contributed by atoms with van der Waals surface area (Å²) in [6.07, 6.45) is 1.95. The predicted molar refractivity (Wildman–Crippen MR) is 68.9 cm³/mol. The van der Waals surface area contributed by atoms with Gasteiger partial charge in [0.15, 0.2) is 0 Å². The zero-order valence-corrected chi connectivity index (χ0v) is 11.2. The van der Waals surface area contributed by atoms with E-state index in [1.807, 2.05) is 42.6 Å². The van der Waals surface area contributed by atoms with Gasteiger partial charge in [0.1, 0.15) is 0 Å². The second-order valence-corrected chi connectivity index (χ2v) is 3.98. The van der Waals surface area contributed by atoms with Crippen LogP contribution in [-0.4, -0.2) is 19.6 Å². The van der Waals surface area contributed by atoms with Crippen molar-refractivity contribution in [2.75, 3.05) is 0 Å². The van der Waals surface area contributed by atoms with E-state index < -0.39 is 0 Å². The molecule has 0 radical (unpaired) electrons. The van der Waals surface area contributed by atoms with Crippen molar-refractivity contribution in [3.05, 3.63) is 35.4 Å². The van der Waals surface area contributed by atoms with Crippen LogP contribution >= 0.6 is 12.4 Å². The van der Waals surface area contributed by atoms with Gasteiger partial charge in [0.2, 0.25) is 0 Å². The Labute approximate surface area is 107 Å². The lowest BCUT2D eigenvalue weighted by molar-refractivity contribution is 0.611. The lowest BCUT2D eigenvalue weighted by Crippen LogP contribution is -2.15. The van der Waals surface area contributed by atoms with Gasteiger partial charge in [-0.05, 0) is 19.1 Å². The molecule has 17 heavy (non-hydrogen) atoms. The highest BCUT2D eigenvalue weighted by Gasteiger charge is 2.02. The largest absolute Gasteiger partial charge is 0.305 e. The zero-order valence-electron chi connectivity index (χ0n) is 10.3. The molecule has 0 aliphatic heterocycles. The first kappa shape index (κ1) is 13.7. The molecule has 2 aromatic heterocycles. The monoisotopic (exact) mass is 255 g/mol. The van der Waals surface area contributed by atoms with E-state index in [0.717, 1.165) is 24.5 Å². The normalized spacial score (nSPS) is 10.3. The summed E-state index contributed by atoms with van der Waals surface area (Å²) in [5.41, 5.74) is 3.30. The molecule has 2 heterocycles. The van der Waals surface area contributed by atoms with Crippen molar-refractivity contribution in [3.8, 4) is 0 Å². The molecule has 6 heteroatoms. The molecule has 94 valence electrons. The highest BCUT2D eigenvalue weighted by Crippen LogP contribution is 2.01. The first-order chi connectivity index (χ1) is 7.65. The Kier molecular flexibility index (Phi) is 4.72. The Morgan fingerprint density at radius 3 is 2.53 bits per heavy atom. The Hall–Kier alpha value is -1.33. The summed E-state index contributed by atoms with van der Waals surface area (Å²) in [6.45, 7) is 3.60. The number of rotatable bonds is 4. The second kappa shape index (κ2) is 5.84. The van der Waals surface area contributed by atoms with Crippen LogP contribution in [0, 0.1) is 6.92 Å². The van der Waals surface area contributed by atoms with E-state index in [2.05, 4.69) is 21.6 Å². The number of hydrogen-bond acceptors (Lipinski definition) is 3. The molecule has 2 aromatic rings. The molecule has 0 saturated carbocycles. The van der Waals surface area contributed by atoms with Crippen LogP contribution in [0.1, 0.15) is 17.1 Å². The van der Waals surface area contributed by atoms with Crippen LogP contribution in [0.3, 0.4) is 0 Å². The number of halogens is 1. The molecule has 0 unspecified atom stereocenters. The van der Waals surface area contributed by atoms with E-state index in [1.54, 1.807) is 0 Å². The van der Waals surface area contributed by atoms with Crippen LogP contribution < -0.4 is 5.32 Å². The summed E-state index contributed by atoms with van der Waals surface area (Å²) >= 11 is 0. The highest BCUT2D eigenvalue weighted by molar-refractivity contribution is 5.85. The van der Waals surface area contributed by atoms with Gasteiger partial charge in [-0.1, -0.05) is 0 Å². The fourth-order valence-corrected chi connectivity index (χ4v) is 1.71. The maximum atomic E-state index is 4.30. The summed E-state index contributed by atoms with van der Waals surface area (Å²) in [5.74, 6) is 0. The van der Waals surface area contributed by atoms with Gasteiger partial charge in [-0.25, -0.2) is 0 Å². The highest BCUT2D eigenvalue weighted by atomic mass is 35.5. The average Bonchev–Trinajstić information content (AvgIpc) is 2.74. The van der Waals surface area contributed by atoms with Crippen molar-refractivity contribution >= 4 is 12.4 Å². The minimum absolute atomic E-state index is 0. The molecule has 0 amide bonds. The van der Waals surface area contributed by atoms with Gasteiger partial charge in [0, 0.05) is 33.4 Å². The minimum atomic E-state index is 0. The molecule has 0 aromatic carbocycles. The van der Waals surface area contributed by atoms with Crippen LogP contribution in [0.15, 0.2) is 18.3 Å². The molecule has 2 rings (SSSR count). The van der Waals surface area contributed by atoms with E-state index in [-0.39, 0.29) is 12.4 Å². The topological polar surface area (TPSA) is 47.7 Å². The van der Waals surface area contributed by atoms with Crippen molar-refractivity contribution in [2.45, 2.75) is 20.0 Å². The first-order valence-electron chi connectivity index (χ1n) is 5.34. The van der Waals surface area contributed by atoms with Gasteiger partial charge in [-0.15, -0.1) is 12.4 Å². The summed E-state index contributed by atoms with van der Waals surface area (Å²) < 4.78 is 3.71. The van der Waals surface area contributed by atoms with Crippen LogP contribution in [0.2, 0.25) is 0 Å². The summed E-state index contributed by atoms with van der Waals surface area (Å²) in [7, 11) is 3.89. The number of hydrogen-bond donors (Lipinski definition) is 1. The Morgan fingerprint density at radius 1 is 1.24 bits per heavy atom. The Bertz CT molecular complexity index is 474. The molecule has 0 atom stereocenters. The standard InChI is InChI=1S/C11H17N5.ClH/c1-9-6-11(16(3)13-9)8-12-7-10-4-5-15(2)14-10;/h4-6,12H,7-8H2,1-3H3;1H. The molecular weight excluding hydrogens is 238 g/mol. The number of nitrogens with zero attached hydrogens (tertiary/aromatic N) is 4. The number of nitrogens with one attached hydrogen (secondary N) is 1. The fraction of sp³-hybridized carbons (Fsp3) is 0.455. The van der Waals surface area contributed by atoms with E-state index in [9.17, 15) is 0 Å². The van der Waals surface area contributed by atoms with Gasteiger partial charge in [-0.2, -0.15) is 10.2 Å². The molecule has 5 nitrogen and oxygen atoms in total. The van der Waals surface area contributed by atoms with E-state index in [1.165, 1.54) is 5.69 Å². The third-order valence-corrected chi connectivity index (χ3v) is 2.48. The van der Waals surface area contributed by atoms with E-state index in [4.69, 9.17) is 0 Å². The summed E-state index contributed by atoms with van der Waals surface area (Å²) in [5, 5.41) is 11.9.